The average molecular weight is 364 g/mol. The topological polar surface area (TPSA) is 66.5 Å². The number of hydrogen-bond donors (Lipinski definition) is 1. The van der Waals surface area contributed by atoms with E-state index in [4.69, 9.17) is 0 Å². The lowest BCUT2D eigenvalue weighted by molar-refractivity contribution is -0.116. The van der Waals surface area contributed by atoms with Gasteiger partial charge in [-0.3, -0.25) is 4.79 Å². The van der Waals surface area contributed by atoms with Crippen molar-refractivity contribution in [3.05, 3.63) is 65.0 Å². The fraction of sp³-hybridized carbons (Fsp3) is 0.278. The molecule has 0 saturated carbocycles. The summed E-state index contributed by atoms with van der Waals surface area (Å²) in [7, 11) is -3.60. The maximum atomic E-state index is 13.0. The lowest BCUT2D eigenvalue weighted by Gasteiger charge is -2.20. The average Bonchev–Trinajstić information content (AvgIpc) is 2.52. The van der Waals surface area contributed by atoms with Gasteiger partial charge in [0.2, 0.25) is 15.9 Å². The van der Waals surface area contributed by atoms with Gasteiger partial charge in [0.1, 0.15) is 5.82 Å². The van der Waals surface area contributed by atoms with Gasteiger partial charge in [-0.05, 0) is 48.7 Å². The van der Waals surface area contributed by atoms with Crippen molar-refractivity contribution < 1.29 is 17.6 Å². The molecule has 134 valence electrons. The number of carbonyl (C=O) groups is 1. The lowest BCUT2D eigenvalue weighted by Crippen LogP contribution is -2.37. The highest BCUT2D eigenvalue weighted by molar-refractivity contribution is 7.88. The van der Waals surface area contributed by atoms with Gasteiger partial charge >= 0.3 is 0 Å². The molecule has 0 heterocycles. The first kappa shape index (κ1) is 19.1. The Morgan fingerprint density at radius 1 is 1.12 bits per heavy atom. The number of aryl methyl sites for hydroxylation is 1. The summed E-state index contributed by atoms with van der Waals surface area (Å²) in [4.78, 5) is 12.3. The van der Waals surface area contributed by atoms with Crippen LogP contribution in [0.5, 0.6) is 0 Å². The van der Waals surface area contributed by atoms with Crippen LogP contribution in [-0.2, 0) is 21.4 Å². The van der Waals surface area contributed by atoms with E-state index < -0.39 is 21.7 Å². The second-order valence-corrected chi connectivity index (χ2v) is 7.94. The van der Waals surface area contributed by atoms with E-state index in [0.717, 1.165) is 21.7 Å². The summed E-state index contributed by atoms with van der Waals surface area (Å²) in [5.74, 6) is -0.830. The first-order valence-corrected chi connectivity index (χ1v) is 9.57. The van der Waals surface area contributed by atoms with Gasteiger partial charge in [0.15, 0.2) is 0 Å². The third-order valence-corrected chi connectivity index (χ3v) is 5.14. The molecule has 0 saturated heterocycles. The van der Waals surface area contributed by atoms with Crippen molar-refractivity contribution in [3.8, 4) is 0 Å². The number of halogens is 1. The predicted molar refractivity (Wildman–Crippen MR) is 96.2 cm³/mol. The zero-order valence-corrected chi connectivity index (χ0v) is 15.2. The summed E-state index contributed by atoms with van der Waals surface area (Å²) in [6, 6.07) is 11.0. The molecule has 0 spiro atoms. The van der Waals surface area contributed by atoms with E-state index in [1.807, 2.05) is 26.0 Å². The molecule has 2 aromatic carbocycles. The van der Waals surface area contributed by atoms with E-state index in [1.165, 1.54) is 24.3 Å². The number of nitrogens with zero attached hydrogens (tertiary/aromatic N) is 1. The summed E-state index contributed by atoms with van der Waals surface area (Å²) in [5.41, 5.74) is 3.22. The third kappa shape index (κ3) is 5.37. The molecule has 25 heavy (non-hydrogen) atoms. The summed E-state index contributed by atoms with van der Waals surface area (Å²) >= 11 is 0. The Labute approximate surface area is 147 Å². The molecule has 0 aliphatic rings. The van der Waals surface area contributed by atoms with E-state index >= 15 is 0 Å². The molecular formula is C18H21FN2O3S. The molecule has 7 heteroatoms. The van der Waals surface area contributed by atoms with Crippen LogP contribution in [-0.4, -0.2) is 31.4 Å². The van der Waals surface area contributed by atoms with Gasteiger partial charge in [-0.2, -0.15) is 4.31 Å². The lowest BCUT2D eigenvalue weighted by atomic mass is 10.1. The molecule has 0 fully saturated rings. The van der Waals surface area contributed by atoms with Gasteiger partial charge in [-0.25, -0.2) is 12.8 Å². The Morgan fingerprint density at radius 3 is 2.36 bits per heavy atom. The molecular weight excluding hydrogens is 343 g/mol. The second-order valence-electron chi connectivity index (χ2n) is 5.95. The maximum Gasteiger partial charge on any atom is 0.239 e. The van der Waals surface area contributed by atoms with Crippen LogP contribution in [0.15, 0.2) is 42.5 Å². The van der Waals surface area contributed by atoms with Gasteiger partial charge in [0, 0.05) is 12.2 Å². The Bertz CT molecular complexity index is 864. The molecule has 2 aromatic rings. The molecule has 1 N–H and O–H groups in total. The van der Waals surface area contributed by atoms with E-state index in [0.29, 0.717) is 11.3 Å². The number of anilines is 1. The van der Waals surface area contributed by atoms with E-state index in [1.54, 1.807) is 6.07 Å². The number of sulfonamides is 1. The van der Waals surface area contributed by atoms with Crippen LogP contribution in [0, 0.1) is 19.7 Å². The first-order chi connectivity index (χ1) is 11.7. The number of nitrogens with one attached hydrogen (secondary N) is 1. The third-order valence-electron chi connectivity index (χ3n) is 3.94. The Hall–Kier alpha value is -2.25. The first-order valence-electron chi connectivity index (χ1n) is 7.72. The Morgan fingerprint density at radius 2 is 1.76 bits per heavy atom. The van der Waals surface area contributed by atoms with Crippen molar-refractivity contribution in [2.45, 2.75) is 20.4 Å². The Balaban J connectivity index is 2.12. The van der Waals surface area contributed by atoms with Crippen LogP contribution in [0.25, 0.3) is 0 Å². The second kappa shape index (κ2) is 7.76. The maximum absolute atomic E-state index is 13.0. The summed E-state index contributed by atoms with van der Waals surface area (Å²) < 4.78 is 38.0. The van der Waals surface area contributed by atoms with Crippen LogP contribution >= 0.6 is 0 Å². The van der Waals surface area contributed by atoms with Crippen LogP contribution in [0.1, 0.15) is 16.7 Å². The minimum Gasteiger partial charge on any atom is -0.325 e. The van der Waals surface area contributed by atoms with Crippen molar-refractivity contribution in [3.63, 3.8) is 0 Å². The molecule has 0 atom stereocenters. The molecule has 0 unspecified atom stereocenters. The largest absolute Gasteiger partial charge is 0.325 e. The quantitative estimate of drug-likeness (QED) is 0.857. The predicted octanol–water partition coefficient (Wildman–Crippen LogP) is 2.84. The fourth-order valence-corrected chi connectivity index (χ4v) is 3.06. The van der Waals surface area contributed by atoms with Gasteiger partial charge in [0.25, 0.3) is 0 Å². The number of benzene rings is 2. The van der Waals surface area contributed by atoms with Gasteiger partial charge < -0.3 is 5.32 Å². The number of hydrogen-bond acceptors (Lipinski definition) is 3. The van der Waals surface area contributed by atoms with Gasteiger partial charge in [-0.1, -0.05) is 24.3 Å². The SMILES string of the molecule is Cc1cccc(NC(=O)CN(Cc2ccc(F)cc2)S(C)(=O)=O)c1C. The highest BCUT2D eigenvalue weighted by Crippen LogP contribution is 2.18. The van der Waals surface area contributed by atoms with Crippen molar-refractivity contribution in [1.82, 2.24) is 4.31 Å². The van der Waals surface area contributed by atoms with Gasteiger partial charge in [0.05, 0.1) is 12.8 Å². The molecule has 0 radical (unpaired) electrons. The minimum absolute atomic E-state index is 0.000662. The van der Waals surface area contributed by atoms with Crippen molar-refractivity contribution in [2.75, 3.05) is 18.1 Å². The smallest absolute Gasteiger partial charge is 0.239 e. The molecule has 5 nitrogen and oxygen atoms in total. The summed E-state index contributed by atoms with van der Waals surface area (Å²) in [5, 5.41) is 2.74. The van der Waals surface area contributed by atoms with Crippen LogP contribution in [0.3, 0.4) is 0 Å². The summed E-state index contributed by atoms with van der Waals surface area (Å²) in [6.45, 7) is 3.50. The van der Waals surface area contributed by atoms with Crippen LogP contribution in [0.4, 0.5) is 10.1 Å². The molecule has 0 aromatic heterocycles. The van der Waals surface area contributed by atoms with E-state index in [9.17, 15) is 17.6 Å². The van der Waals surface area contributed by atoms with Crippen molar-refractivity contribution in [2.24, 2.45) is 0 Å². The monoisotopic (exact) mass is 364 g/mol. The molecule has 0 aliphatic heterocycles. The van der Waals surface area contributed by atoms with Gasteiger partial charge in [-0.15, -0.1) is 0 Å². The van der Waals surface area contributed by atoms with Crippen LogP contribution < -0.4 is 5.32 Å². The zero-order chi connectivity index (χ0) is 18.6. The highest BCUT2D eigenvalue weighted by atomic mass is 32.2. The normalized spacial score (nSPS) is 11.6. The molecule has 2 rings (SSSR count). The number of rotatable bonds is 6. The van der Waals surface area contributed by atoms with Crippen molar-refractivity contribution in [1.29, 1.82) is 0 Å². The summed E-state index contributed by atoms with van der Waals surface area (Å²) in [6.07, 6.45) is 1.04. The van der Waals surface area contributed by atoms with E-state index in [-0.39, 0.29) is 13.1 Å². The minimum atomic E-state index is -3.60. The zero-order valence-electron chi connectivity index (χ0n) is 14.4. The number of carbonyl (C=O) groups excluding carboxylic acids is 1. The van der Waals surface area contributed by atoms with Crippen molar-refractivity contribution >= 4 is 21.6 Å². The Kier molecular flexibility index (Phi) is 5.92. The van der Waals surface area contributed by atoms with Crippen LogP contribution in [0.2, 0.25) is 0 Å². The highest BCUT2D eigenvalue weighted by Gasteiger charge is 2.21. The molecule has 0 bridgehead atoms. The standard InChI is InChI=1S/C18H21FN2O3S/c1-13-5-4-6-17(14(13)2)20-18(22)12-21(25(3,23)24)11-15-7-9-16(19)10-8-15/h4-10H,11-12H2,1-3H3,(H,20,22). The number of amides is 1. The fourth-order valence-electron chi connectivity index (χ4n) is 2.32. The molecule has 1 amide bonds. The van der Waals surface area contributed by atoms with E-state index in [2.05, 4.69) is 5.32 Å². The molecule has 0 aliphatic carbocycles.